The molecule has 2 saturated heterocycles. The summed E-state index contributed by atoms with van der Waals surface area (Å²) < 4.78 is 0. The van der Waals surface area contributed by atoms with Gasteiger partial charge < -0.3 is 16.0 Å². The molecule has 134 valence electrons. The number of piperidine rings is 1. The highest BCUT2D eigenvalue weighted by Crippen LogP contribution is 2.16. The van der Waals surface area contributed by atoms with Crippen molar-refractivity contribution in [1.29, 1.82) is 0 Å². The Morgan fingerprint density at radius 3 is 2.83 bits per heavy atom. The first-order valence-corrected chi connectivity index (χ1v) is 9.69. The highest BCUT2D eigenvalue weighted by atomic mass is 15.2. The third-order valence-electron chi connectivity index (χ3n) is 5.33. The maximum Gasteiger partial charge on any atom is 0.188 e. The van der Waals surface area contributed by atoms with Crippen LogP contribution in [0.15, 0.2) is 4.99 Å². The molecule has 23 heavy (non-hydrogen) atoms. The molecule has 2 fully saturated rings. The van der Waals surface area contributed by atoms with Gasteiger partial charge in [0, 0.05) is 19.1 Å². The van der Waals surface area contributed by atoms with E-state index in [-0.39, 0.29) is 0 Å². The Bertz CT molecular complexity index is 357. The van der Waals surface area contributed by atoms with Crippen molar-refractivity contribution >= 4 is 5.96 Å². The molecule has 0 aromatic carbocycles. The number of aliphatic imine (C=N–C) groups is 1. The molecule has 0 aliphatic carbocycles. The van der Waals surface area contributed by atoms with Gasteiger partial charge in [-0.1, -0.05) is 13.8 Å². The predicted octanol–water partition coefficient (Wildman–Crippen LogP) is 1.89. The van der Waals surface area contributed by atoms with E-state index in [4.69, 9.17) is 5.73 Å². The van der Waals surface area contributed by atoms with Crippen LogP contribution >= 0.6 is 0 Å². The number of rotatable bonds is 8. The van der Waals surface area contributed by atoms with Gasteiger partial charge in [-0.2, -0.15) is 0 Å². The standard InChI is InChI=1S/C18H37N5/c1-3-23-13-7-9-17(23)14-21-18(19)20-10-4-5-11-22-12-6-8-16(2)15-22/h16-17H,3-15H2,1-2H3,(H3,19,20,21). The maximum absolute atomic E-state index is 5.99. The topological polar surface area (TPSA) is 56.9 Å². The molecular weight excluding hydrogens is 286 g/mol. The zero-order chi connectivity index (χ0) is 16.5. The van der Waals surface area contributed by atoms with Crippen molar-refractivity contribution in [2.45, 2.75) is 58.4 Å². The highest BCUT2D eigenvalue weighted by molar-refractivity contribution is 5.77. The van der Waals surface area contributed by atoms with Crippen LogP contribution in [0.25, 0.3) is 0 Å². The average molecular weight is 324 g/mol. The molecule has 2 heterocycles. The van der Waals surface area contributed by atoms with E-state index in [1.54, 1.807) is 0 Å². The third-order valence-corrected chi connectivity index (χ3v) is 5.33. The van der Waals surface area contributed by atoms with E-state index in [9.17, 15) is 0 Å². The van der Waals surface area contributed by atoms with Gasteiger partial charge in [0.15, 0.2) is 5.96 Å². The van der Waals surface area contributed by atoms with Gasteiger partial charge in [0.2, 0.25) is 0 Å². The fraction of sp³-hybridized carbons (Fsp3) is 0.944. The number of likely N-dealkylation sites (N-methyl/N-ethyl adjacent to an activating group) is 1. The molecule has 0 amide bonds. The predicted molar refractivity (Wildman–Crippen MR) is 98.8 cm³/mol. The molecule has 2 aliphatic heterocycles. The minimum absolute atomic E-state index is 0.599. The molecule has 2 aliphatic rings. The molecule has 3 N–H and O–H groups in total. The number of nitrogens with zero attached hydrogens (tertiary/aromatic N) is 3. The fourth-order valence-corrected chi connectivity index (χ4v) is 3.94. The molecule has 0 aromatic rings. The van der Waals surface area contributed by atoms with E-state index in [0.717, 1.165) is 25.6 Å². The van der Waals surface area contributed by atoms with Gasteiger partial charge in [0.1, 0.15) is 0 Å². The van der Waals surface area contributed by atoms with Crippen LogP contribution in [-0.4, -0.2) is 67.6 Å². The second kappa shape index (κ2) is 10.1. The normalized spacial score (nSPS) is 27.5. The van der Waals surface area contributed by atoms with Gasteiger partial charge in [0.05, 0.1) is 6.54 Å². The van der Waals surface area contributed by atoms with E-state index in [2.05, 4.69) is 34.0 Å². The number of guanidine groups is 1. The van der Waals surface area contributed by atoms with Gasteiger partial charge in [-0.25, -0.2) is 0 Å². The van der Waals surface area contributed by atoms with E-state index >= 15 is 0 Å². The summed E-state index contributed by atoms with van der Waals surface area (Å²) in [6.45, 7) is 12.5. The molecular formula is C18H37N5. The summed E-state index contributed by atoms with van der Waals surface area (Å²) in [4.78, 5) is 9.66. The van der Waals surface area contributed by atoms with Gasteiger partial charge >= 0.3 is 0 Å². The Morgan fingerprint density at radius 1 is 1.22 bits per heavy atom. The molecule has 2 unspecified atom stereocenters. The summed E-state index contributed by atoms with van der Waals surface area (Å²) in [5.74, 6) is 1.50. The first kappa shape index (κ1) is 18.5. The lowest BCUT2D eigenvalue weighted by atomic mass is 10.0. The minimum Gasteiger partial charge on any atom is -0.370 e. The van der Waals surface area contributed by atoms with Crippen molar-refractivity contribution in [3.8, 4) is 0 Å². The summed E-state index contributed by atoms with van der Waals surface area (Å²) in [6, 6.07) is 0.599. The van der Waals surface area contributed by atoms with Crippen molar-refractivity contribution < 1.29 is 0 Å². The van der Waals surface area contributed by atoms with Crippen LogP contribution in [0.3, 0.4) is 0 Å². The Labute approximate surface area is 142 Å². The lowest BCUT2D eigenvalue weighted by Gasteiger charge is -2.30. The van der Waals surface area contributed by atoms with Crippen LogP contribution < -0.4 is 11.1 Å². The van der Waals surface area contributed by atoms with Crippen molar-refractivity contribution in [3.05, 3.63) is 0 Å². The number of nitrogens with one attached hydrogen (secondary N) is 1. The second-order valence-corrected chi connectivity index (χ2v) is 7.33. The van der Waals surface area contributed by atoms with Crippen molar-refractivity contribution in [3.63, 3.8) is 0 Å². The minimum atomic E-state index is 0.599. The molecule has 2 rings (SSSR count). The van der Waals surface area contributed by atoms with E-state index in [1.165, 1.54) is 64.7 Å². The Kier molecular flexibility index (Phi) is 8.17. The van der Waals surface area contributed by atoms with E-state index in [0.29, 0.717) is 12.0 Å². The van der Waals surface area contributed by atoms with Crippen molar-refractivity contribution in [2.24, 2.45) is 16.6 Å². The second-order valence-electron chi connectivity index (χ2n) is 7.33. The summed E-state index contributed by atoms with van der Waals surface area (Å²) in [5, 5.41) is 3.28. The van der Waals surface area contributed by atoms with Crippen molar-refractivity contribution in [1.82, 2.24) is 15.1 Å². The summed E-state index contributed by atoms with van der Waals surface area (Å²) in [6.07, 6.45) is 7.76. The van der Waals surface area contributed by atoms with Gasteiger partial charge in [-0.15, -0.1) is 0 Å². The number of unbranched alkanes of at least 4 members (excludes halogenated alkanes) is 1. The molecule has 0 aromatic heterocycles. The lowest BCUT2D eigenvalue weighted by molar-refractivity contribution is 0.181. The largest absolute Gasteiger partial charge is 0.370 e. The van der Waals surface area contributed by atoms with Crippen LogP contribution in [0, 0.1) is 5.92 Å². The molecule has 0 spiro atoms. The van der Waals surface area contributed by atoms with Gasteiger partial charge in [-0.05, 0) is 70.6 Å². The Morgan fingerprint density at radius 2 is 2.04 bits per heavy atom. The van der Waals surface area contributed by atoms with Crippen LogP contribution in [0.1, 0.15) is 52.4 Å². The van der Waals surface area contributed by atoms with E-state index in [1.807, 2.05) is 0 Å². The quantitative estimate of drug-likeness (QED) is 0.407. The zero-order valence-electron chi connectivity index (χ0n) is 15.3. The van der Waals surface area contributed by atoms with Crippen LogP contribution in [0.5, 0.6) is 0 Å². The molecule has 2 atom stereocenters. The summed E-state index contributed by atoms with van der Waals surface area (Å²) in [5.41, 5.74) is 5.99. The number of nitrogens with two attached hydrogens (primary N) is 1. The fourth-order valence-electron chi connectivity index (χ4n) is 3.94. The zero-order valence-corrected chi connectivity index (χ0v) is 15.3. The average Bonchev–Trinajstić information content (AvgIpc) is 3.00. The molecule has 0 radical (unpaired) electrons. The monoisotopic (exact) mass is 323 g/mol. The first-order chi connectivity index (χ1) is 11.2. The number of likely N-dealkylation sites (tertiary alicyclic amines) is 2. The number of hydrogen-bond acceptors (Lipinski definition) is 3. The molecule has 5 nitrogen and oxygen atoms in total. The third kappa shape index (κ3) is 6.68. The summed E-state index contributed by atoms with van der Waals surface area (Å²) in [7, 11) is 0. The van der Waals surface area contributed by atoms with E-state index < -0.39 is 0 Å². The number of hydrogen-bond donors (Lipinski definition) is 2. The SMILES string of the molecule is CCN1CCCC1CN=C(N)NCCCCN1CCCC(C)C1. The highest BCUT2D eigenvalue weighted by Gasteiger charge is 2.22. The molecule has 0 bridgehead atoms. The summed E-state index contributed by atoms with van der Waals surface area (Å²) >= 11 is 0. The van der Waals surface area contributed by atoms with Gasteiger partial charge in [0.25, 0.3) is 0 Å². The van der Waals surface area contributed by atoms with Gasteiger partial charge in [-0.3, -0.25) is 9.89 Å². The molecule has 0 saturated carbocycles. The Hall–Kier alpha value is -0.810. The maximum atomic E-state index is 5.99. The van der Waals surface area contributed by atoms with Crippen LogP contribution in [0.4, 0.5) is 0 Å². The van der Waals surface area contributed by atoms with Crippen LogP contribution in [0.2, 0.25) is 0 Å². The Balaban J connectivity index is 1.52. The smallest absolute Gasteiger partial charge is 0.188 e. The van der Waals surface area contributed by atoms with Crippen molar-refractivity contribution in [2.75, 3.05) is 45.8 Å². The first-order valence-electron chi connectivity index (χ1n) is 9.69. The lowest BCUT2D eigenvalue weighted by Crippen LogP contribution is -2.37. The van der Waals surface area contributed by atoms with Crippen LogP contribution in [-0.2, 0) is 0 Å². The molecule has 5 heteroatoms.